The summed E-state index contributed by atoms with van der Waals surface area (Å²) >= 11 is 11.5. The van der Waals surface area contributed by atoms with E-state index in [4.69, 9.17) is 27.6 Å². The number of carbonyl (C=O) groups excluding carboxylic acids is 1. The van der Waals surface area contributed by atoms with E-state index in [0.29, 0.717) is 10.6 Å². The molecule has 76 valence electrons. The first-order chi connectivity index (χ1) is 7.18. The minimum Gasteiger partial charge on any atom is -0.472 e. The highest BCUT2D eigenvalue weighted by atomic mass is 35.5. The van der Waals surface area contributed by atoms with E-state index >= 15 is 0 Å². The molecule has 0 aromatic carbocycles. The Labute approximate surface area is 95.6 Å². The van der Waals surface area contributed by atoms with Crippen LogP contribution < -0.4 is 0 Å². The number of aromatic nitrogens is 1. The molecular formula is C10H5Cl2NO2. The Morgan fingerprint density at radius 1 is 1.40 bits per heavy atom. The Kier molecular flexibility index (Phi) is 2.75. The minimum absolute atomic E-state index is 0.169. The molecule has 0 amide bonds. The Morgan fingerprint density at radius 2 is 2.20 bits per heavy atom. The minimum atomic E-state index is -0.287. The molecule has 3 nitrogen and oxygen atoms in total. The van der Waals surface area contributed by atoms with E-state index in [9.17, 15) is 4.79 Å². The summed E-state index contributed by atoms with van der Waals surface area (Å²) in [6.07, 6.45) is 4.13. The highest BCUT2D eigenvalue weighted by Gasteiger charge is 2.15. The summed E-state index contributed by atoms with van der Waals surface area (Å²) in [6.45, 7) is 0. The summed E-state index contributed by atoms with van der Waals surface area (Å²) in [6, 6.07) is 3.03. The lowest BCUT2D eigenvalue weighted by Crippen LogP contribution is -2.03. The van der Waals surface area contributed by atoms with Crippen LogP contribution in [0.15, 0.2) is 35.3 Å². The number of hydrogen-bond donors (Lipinski definition) is 0. The molecule has 0 aliphatic carbocycles. The Morgan fingerprint density at radius 3 is 2.80 bits per heavy atom. The SMILES string of the molecule is O=C(c1ccoc1)c1ncc(Cl)cc1Cl. The first-order valence-electron chi connectivity index (χ1n) is 4.06. The normalized spacial score (nSPS) is 10.3. The number of carbonyl (C=O) groups is 1. The Balaban J connectivity index is 2.42. The fourth-order valence-corrected chi connectivity index (χ4v) is 1.58. The molecule has 0 atom stereocenters. The van der Waals surface area contributed by atoms with Crippen molar-refractivity contribution in [2.45, 2.75) is 0 Å². The van der Waals surface area contributed by atoms with Gasteiger partial charge in [-0.05, 0) is 12.1 Å². The number of rotatable bonds is 2. The fourth-order valence-electron chi connectivity index (χ4n) is 1.11. The molecule has 0 saturated carbocycles. The van der Waals surface area contributed by atoms with Gasteiger partial charge in [0, 0.05) is 6.20 Å². The summed E-state index contributed by atoms with van der Waals surface area (Å²) in [4.78, 5) is 15.7. The molecule has 5 heteroatoms. The number of hydrogen-bond acceptors (Lipinski definition) is 3. The zero-order valence-electron chi connectivity index (χ0n) is 7.41. The summed E-state index contributed by atoms with van der Waals surface area (Å²) in [5, 5.41) is 0.623. The Bertz CT molecular complexity index is 494. The highest BCUT2D eigenvalue weighted by Crippen LogP contribution is 2.21. The van der Waals surface area contributed by atoms with E-state index in [1.807, 2.05) is 0 Å². The van der Waals surface area contributed by atoms with E-state index in [1.165, 1.54) is 24.8 Å². The molecule has 0 bridgehead atoms. The van der Waals surface area contributed by atoms with Crippen LogP contribution in [0, 0.1) is 0 Å². The largest absolute Gasteiger partial charge is 0.472 e. The van der Waals surface area contributed by atoms with Crippen LogP contribution in [-0.4, -0.2) is 10.8 Å². The van der Waals surface area contributed by atoms with Gasteiger partial charge in [0.05, 0.1) is 21.9 Å². The van der Waals surface area contributed by atoms with Crippen LogP contribution >= 0.6 is 23.2 Å². The molecule has 2 heterocycles. The average Bonchev–Trinajstić information content (AvgIpc) is 2.69. The van der Waals surface area contributed by atoms with Crippen molar-refractivity contribution < 1.29 is 9.21 Å². The average molecular weight is 242 g/mol. The standard InChI is InChI=1S/C10H5Cl2NO2/c11-7-3-8(12)9(13-4-7)10(14)6-1-2-15-5-6/h1-5H. The molecule has 0 spiro atoms. The van der Waals surface area contributed by atoms with Gasteiger partial charge in [0.15, 0.2) is 0 Å². The second kappa shape index (κ2) is 4.04. The molecule has 0 fully saturated rings. The van der Waals surface area contributed by atoms with Gasteiger partial charge in [-0.25, -0.2) is 4.98 Å². The second-order valence-corrected chi connectivity index (χ2v) is 3.67. The van der Waals surface area contributed by atoms with Crippen LogP contribution in [0.5, 0.6) is 0 Å². The van der Waals surface area contributed by atoms with Gasteiger partial charge >= 0.3 is 0 Å². The molecule has 15 heavy (non-hydrogen) atoms. The van der Waals surface area contributed by atoms with Crippen LogP contribution in [0.4, 0.5) is 0 Å². The smallest absolute Gasteiger partial charge is 0.216 e. The summed E-state index contributed by atoms with van der Waals surface area (Å²) < 4.78 is 4.80. The van der Waals surface area contributed by atoms with Crippen molar-refractivity contribution in [3.8, 4) is 0 Å². The van der Waals surface area contributed by atoms with Gasteiger partial charge in [-0.2, -0.15) is 0 Å². The quantitative estimate of drug-likeness (QED) is 0.759. The first kappa shape index (κ1) is 10.2. The Hall–Kier alpha value is -1.32. The van der Waals surface area contributed by atoms with Crippen LogP contribution in [0.2, 0.25) is 10.0 Å². The second-order valence-electron chi connectivity index (χ2n) is 2.83. The van der Waals surface area contributed by atoms with Crippen molar-refractivity contribution in [3.05, 3.63) is 52.2 Å². The first-order valence-corrected chi connectivity index (χ1v) is 4.82. The molecular weight excluding hydrogens is 237 g/mol. The molecule has 0 aliphatic rings. The van der Waals surface area contributed by atoms with E-state index in [0.717, 1.165) is 0 Å². The van der Waals surface area contributed by atoms with Crippen molar-refractivity contribution in [3.63, 3.8) is 0 Å². The molecule has 0 unspecified atom stereocenters. The van der Waals surface area contributed by atoms with Gasteiger partial charge < -0.3 is 4.42 Å². The van der Waals surface area contributed by atoms with Gasteiger partial charge in [0.25, 0.3) is 0 Å². The van der Waals surface area contributed by atoms with Gasteiger partial charge in [0.1, 0.15) is 12.0 Å². The molecule has 0 saturated heterocycles. The summed E-state index contributed by atoms with van der Waals surface area (Å²) in [5.41, 5.74) is 0.578. The van der Waals surface area contributed by atoms with Crippen molar-refractivity contribution in [2.24, 2.45) is 0 Å². The fraction of sp³-hybridized carbons (Fsp3) is 0. The predicted octanol–water partition coefficient (Wildman–Crippen LogP) is 3.21. The lowest BCUT2D eigenvalue weighted by Gasteiger charge is -2.00. The third-order valence-corrected chi connectivity index (χ3v) is 2.30. The summed E-state index contributed by atoms with van der Waals surface area (Å²) in [5.74, 6) is -0.287. The van der Waals surface area contributed by atoms with Crippen molar-refractivity contribution in [1.29, 1.82) is 0 Å². The third kappa shape index (κ3) is 2.03. The van der Waals surface area contributed by atoms with Crippen molar-refractivity contribution in [1.82, 2.24) is 4.98 Å². The van der Waals surface area contributed by atoms with E-state index in [-0.39, 0.29) is 16.5 Å². The highest BCUT2D eigenvalue weighted by molar-refractivity contribution is 6.37. The van der Waals surface area contributed by atoms with Gasteiger partial charge in [-0.15, -0.1) is 0 Å². The zero-order valence-corrected chi connectivity index (χ0v) is 8.92. The number of ketones is 1. The number of pyridine rings is 1. The van der Waals surface area contributed by atoms with Crippen LogP contribution in [0.3, 0.4) is 0 Å². The van der Waals surface area contributed by atoms with Gasteiger partial charge in [-0.1, -0.05) is 23.2 Å². The predicted molar refractivity (Wildman–Crippen MR) is 56.4 cm³/mol. The third-order valence-electron chi connectivity index (χ3n) is 1.81. The maximum atomic E-state index is 11.8. The van der Waals surface area contributed by atoms with Crippen molar-refractivity contribution in [2.75, 3.05) is 0 Å². The van der Waals surface area contributed by atoms with Crippen LogP contribution in [0.25, 0.3) is 0 Å². The molecule has 0 aliphatic heterocycles. The summed E-state index contributed by atoms with van der Waals surface area (Å²) in [7, 11) is 0. The monoisotopic (exact) mass is 241 g/mol. The molecule has 2 aromatic heterocycles. The number of nitrogens with zero attached hydrogens (tertiary/aromatic N) is 1. The maximum Gasteiger partial charge on any atom is 0.216 e. The van der Waals surface area contributed by atoms with Gasteiger partial charge in [0.2, 0.25) is 5.78 Å². The molecule has 2 rings (SSSR count). The molecule has 2 aromatic rings. The topological polar surface area (TPSA) is 43.1 Å². The maximum absolute atomic E-state index is 11.8. The van der Waals surface area contributed by atoms with E-state index in [1.54, 1.807) is 6.07 Å². The molecule has 0 radical (unpaired) electrons. The zero-order chi connectivity index (χ0) is 10.8. The number of furan rings is 1. The van der Waals surface area contributed by atoms with Crippen LogP contribution in [0.1, 0.15) is 16.1 Å². The van der Waals surface area contributed by atoms with E-state index < -0.39 is 0 Å². The lowest BCUT2D eigenvalue weighted by molar-refractivity contribution is 0.103. The lowest BCUT2D eigenvalue weighted by atomic mass is 10.1. The van der Waals surface area contributed by atoms with Crippen molar-refractivity contribution >= 4 is 29.0 Å². The van der Waals surface area contributed by atoms with Crippen LogP contribution in [-0.2, 0) is 0 Å². The molecule has 0 N–H and O–H groups in total. The van der Waals surface area contributed by atoms with E-state index in [2.05, 4.69) is 4.98 Å². The van der Waals surface area contributed by atoms with Gasteiger partial charge in [-0.3, -0.25) is 4.79 Å². The number of halogens is 2.